The number of nitrogens with two attached hydrogens (primary N) is 1. The molecule has 0 saturated heterocycles. The van der Waals surface area contributed by atoms with Crippen LogP contribution in [-0.2, 0) is 6.54 Å². The first-order valence-corrected chi connectivity index (χ1v) is 6.66. The molecule has 106 valence electrons. The lowest BCUT2D eigenvalue weighted by Crippen LogP contribution is -2.28. The Hall–Kier alpha value is -2.37. The Bertz CT molecular complexity index is 633. The maximum atomic E-state index is 12.1. The lowest BCUT2D eigenvalue weighted by atomic mass is 10.3. The van der Waals surface area contributed by atoms with Crippen molar-refractivity contribution < 1.29 is 0 Å². The third-order valence-corrected chi connectivity index (χ3v) is 3.14. The third kappa shape index (κ3) is 3.14. The van der Waals surface area contributed by atoms with E-state index in [1.165, 1.54) is 4.68 Å². The van der Waals surface area contributed by atoms with E-state index in [0.29, 0.717) is 12.2 Å². The van der Waals surface area contributed by atoms with Crippen LogP contribution in [0.2, 0.25) is 0 Å². The monoisotopic (exact) mass is 273 g/mol. The van der Waals surface area contributed by atoms with Gasteiger partial charge in [0, 0.05) is 31.0 Å². The number of aromatic nitrogens is 3. The number of pyridine rings is 1. The summed E-state index contributed by atoms with van der Waals surface area (Å²) >= 11 is 0. The number of nitrogen functional groups attached to an aromatic ring is 1. The number of nitrogens with zero attached hydrogens (tertiary/aromatic N) is 4. The van der Waals surface area contributed by atoms with Crippen LogP contribution in [0.5, 0.6) is 0 Å². The van der Waals surface area contributed by atoms with Crippen LogP contribution in [0.1, 0.15) is 19.5 Å². The number of hydrogen-bond acceptors (Lipinski definition) is 5. The molecule has 0 spiro atoms. The maximum Gasteiger partial charge on any atom is 0.269 e. The fraction of sp³-hybridized carbons (Fsp3) is 0.357. The standard InChI is InChI=1S/C14H19N5O/c1-3-18(4-2)13-8-14(20)19(17-9-13)10-12-7-11(15)5-6-16-12/h5-9H,3-4,10H2,1-2H3,(H2,15,16). The predicted octanol–water partition coefficient (Wildman–Crippen LogP) is 1.11. The van der Waals surface area contributed by atoms with Crippen molar-refractivity contribution in [3.63, 3.8) is 0 Å². The second kappa shape index (κ2) is 6.18. The molecule has 6 heteroatoms. The lowest BCUT2D eigenvalue weighted by molar-refractivity contribution is 0.626. The first-order valence-electron chi connectivity index (χ1n) is 6.66. The molecule has 2 heterocycles. The SMILES string of the molecule is CCN(CC)c1cnn(Cc2cc(N)ccn2)c(=O)c1. The molecule has 2 N–H and O–H groups in total. The number of anilines is 2. The summed E-state index contributed by atoms with van der Waals surface area (Å²) in [6.45, 7) is 6.11. The Balaban J connectivity index is 2.24. The topological polar surface area (TPSA) is 77.0 Å². The van der Waals surface area contributed by atoms with Crippen LogP contribution in [0.3, 0.4) is 0 Å². The van der Waals surface area contributed by atoms with Gasteiger partial charge in [-0.1, -0.05) is 0 Å². The quantitative estimate of drug-likeness (QED) is 0.883. The maximum absolute atomic E-state index is 12.1. The molecule has 0 atom stereocenters. The van der Waals surface area contributed by atoms with Gasteiger partial charge in [0.1, 0.15) is 0 Å². The van der Waals surface area contributed by atoms with Crippen molar-refractivity contribution in [1.29, 1.82) is 0 Å². The zero-order valence-electron chi connectivity index (χ0n) is 11.8. The van der Waals surface area contributed by atoms with Gasteiger partial charge < -0.3 is 10.6 Å². The average Bonchev–Trinajstić information content (AvgIpc) is 2.43. The predicted molar refractivity (Wildman–Crippen MR) is 79.8 cm³/mol. The Morgan fingerprint density at radius 2 is 2.05 bits per heavy atom. The summed E-state index contributed by atoms with van der Waals surface area (Å²) in [7, 11) is 0. The first kappa shape index (κ1) is 14.0. The largest absolute Gasteiger partial charge is 0.399 e. The summed E-state index contributed by atoms with van der Waals surface area (Å²) in [5.74, 6) is 0. The number of rotatable bonds is 5. The second-order valence-corrected chi connectivity index (χ2v) is 4.46. The summed E-state index contributed by atoms with van der Waals surface area (Å²) in [6.07, 6.45) is 3.33. The van der Waals surface area contributed by atoms with Crippen molar-refractivity contribution in [2.75, 3.05) is 23.7 Å². The van der Waals surface area contributed by atoms with Gasteiger partial charge in [-0.2, -0.15) is 5.10 Å². The van der Waals surface area contributed by atoms with Gasteiger partial charge in [0.15, 0.2) is 0 Å². The van der Waals surface area contributed by atoms with Gasteiger partial charge in [-0.05, 0) is 26.0 Å². The lowest BCUT2D eigenvalue weighted by Gasteiger charge is -2.20. The van der Waals surface area contributed by atoms with Crippen LogP contribution in [0, 0.1) is 0 Å². The van der Waals surface area contributed by atoms with Gasteiger partial charge >= 0.3 is 0 Å². The normalized spacial score (nSPS) is 10.5. The highest BCUT2D eigenvalue weighted by molar-refractivity contribution is 5.42. The zero-order valence-corrected chi connectivity index (χ0v) is 11.8. The molecule has 0 aliphatic rings. The summed E-state index contributed by atoms with van der Waals surface area (Å²) < 4.78 is 1.38. The van der Waals surface area contributed by atoms with Crippen molar-refractivity contribution in [1.82, 2.24) is 14.8 Å². The van der Waals surface area contributed by atoms with Gasteiger partial charge in [-0.3, -0.25) is 9.78 Å². The van der Waals surface area contributed by atoms with Crippen molar-refractivity contribution >= 4 is 11.4 Å². The third-order valence-electron chi connectivity index (χ3n) is 3.14. The molecule has 0 unspecified atom stereocenters. The van der Waals surface area contributed by atoms with E-state index in [1.54, 1.807) is 30.6 Å². The van der Waals surface area contributed by atoms with Gasteiger partial charge in [0.25, 0.3) is 5.56 Å². The Labute approximate surface area is 117 Å². The van der Waals surface area contributed by atoms with E-state index >= 15 is 0 Å². The summed E-state index contributed by atoms with van der Waals surface area (Å²) in [6, 6.07) is 5.06. The molecular formula is C14H19N5O. The van der Waals surface area contributed by atoms with Crippen molar-refractivity contribution in [3.05, 3.63) is 46.6 Å². The molecule has 0 aliphatic heterocycles. The van der Waals surface area contributed by atoms with Crippen LogP contribution in [-0.4, -0.2) is 27.9 Å². The fourth-order valence-electron chi connectivity index (χ4n) is 2.04. The molecule has 0 fully saturated rings. The molecule has 2 rings (SSSR count). The first-order chi connectivity index (χ1) is 9.63. The smallest absolute Gasteiger partial charge is 0.269 e. The van der Waals surface area contributed by atoms with Gasteiger partial charge in [0.2, 0.25) is 0 Å². The average molecular weight is 273 g/mol. The van der Waals surface area contributed by atoms with Crippen LogP contribution in [0.4, 0.5) is 11.4 Å². The molecule has 6 nitrogen and oxygen atoms in total. The molecule has 2 aromatic rings. The Kier molecular flexibility index (Phi) is 4.34. The van der Waals surface area contributed by atoms with Crippen LogP contribution >= 0.6 is 0 Å². The zero-order chi connectivity index (χ0) is 14.5. The van der Waals surface area contributed by atoms with E-state index in [2.05, 4.69) is 15.0 Å². The number of hydrogen-bond donors (Lipinski definition) is 1. The van der Waals surface area contributed by atoms with Crippen LogP contribution in [0.25, 0.3) is 0 Å². The van der Waals surface area contributed by atoms with Crippen LogP contribution < -0.4 is 16.2 Å². The van der Waals surface area contributed by atoms with E-state index in [0.717, 1.165) is 24.5 Å². The second-order valence-electron chi connectivity index (χ2n) is 4.46. The van der Waals surface area contributed by atoms with Crippen molar-refractivity contribution in [2.24, 2.45) is 0 Å². The van der Waals surface area contributed by atoms with Gasteiger partial charge in [-0.25, -0.2) is 4.68 Å². The summed E-state index contributed by atoms with van der Waals surface area (Å²) in [5.41, 5.74) is 7.75. The fourth-order valence-corrected chi connectivity index (χ4v) is 2.04. The van der Waals surface area contributed by atoms with E-state index in [4.69, 9.17) is 5.73 Å². The molecule has 0 amide bonds. The molecule has 0 aromatic carbocycles. The highest BCUT2D eigenvalue weighted by Crippen LogP contribution is 2.09. The molecule has 0 radical (unpaired) electrons. The van der Waals surface area contributed by atoms with E-state index in [1.807, 2.05) is 13.8 Å². The van der Waals surface area contributed by atoms with E-state index < -0.39 is 0 Å². The highest BCUT2D eigenvalue weighted by Gasteiger charge is 2.06. The molecular weight excluding hydrogens is 254 g/mol. The molecule has 2 aromatic heterocycles. The summed E-state index contributed by atoms with van der Waals surface area (Å²) in [5, 5.41) is 4.20. The minimum absolute atomic E-state index is 0.140. The Morgan fingerprint density at radius 3 is 2.65 bits per heavy atom. The van der Waals surface area contributed by atoms with E-state index in [-0.39, 0.29) is 5.56 Å². The molecule has 20 heavy (non-hydrogen) atoms. The minimum Gasteiger partial charge on any atom is -0.399 e. The minimum atomic E-state index is -0.140. The van der Waals surface area contributed by atoms with E-state index in [9.17, 15) is 4.79 Å². The molecule has 0 aliphatic carbocycles. The van der Waals surface area contributed by atoms with Crippen molar-refractivity contribution in [2.45, 2.75) is 20.4 Å². The molecule has 0 saturated carbocycles. The summed E-state index contributed by atoms with van der Waals surface area (Å²) in [4.78, 5) is 18.3. The molecule has 0 bridgehead atoms. The van der Waals surface area contributed by atoms with Gasteiger partial charge in [-0.15, -0.1) is 0 Å². The Morgan fingerprint density at radius 1 is 1.30 bits per heavy atom. The van der Waals surface area contributed by atoms with Gasteiger partial charge in [0.05, 0.1) is 24.1 Å². The van der Waals surface area contributed by atoms with Crippen LogP contribution in [0.15, 0.2) is 35.4 Å². The highest BCUT2D eigenvalue weighted by atomic mass is 16.1. The van der Waals surface area contributed by atoms with Crippen molar-refractivity contribution in [3.8, 4) is 0 Å².